The molecule has 2 N–H and O–H groups in total. The van der Waals surface area contributed by atoms with Crippen molar-refractivity contribution in [1.29, 1.82) is 0 Å². The summed E-state index contributed by atoms with van der Waals surface area (Å²) >= 11 is 0. The Morgan fingerprint density at radius 1 is 1.00 bits per heavy atom. The summed E-state index contributed by atoms with van der Waals surface area (Å²) in [4.78, 5) is 8.85. The Labute approximate surface area is 158 Å². The van der Waals surface area contributed by atoms with Gasteiger partial charge >= 0.3 is 0 Å². The second-order valence-corrected chi connectivity index (χ2v) is 5.50. The van der Waals surface area contributed by atoms with Gasteiger partial charge in [0, 0.05) is 40.3 Å². The molecule has 0 aliphatic rings. The zero-order chi connectivity index (χ0) is 17.4. The number of hydrogen-bond donors (Lipinski definition) is 2. The molecule has 1 radical (unpaired) electrons. The molecular weight excluding hydrogens is 359 g/mol. The van der Waals surface area contributed by atoms with E-state index in [9.17, 15) is 10.2 Å². The maximum Gasteiger partial charge on any atom is 0.124 e. The summed E-state index contributed by atoms with van der Waals surface area (Å²) in [7, 11) is 0. The van der Waals surface area contributed by atoms with E-state index < -0.39 is 0 Å². The van der Waals surface area contributed by atoms with Crippen LogP contribution < -0.4 is 0 Å². The maximum absolute atomic E-state index is 9.78. The van der Waals surface area contributed by atoms with Gasteiger partial charge in [0.1, 0.15) is 11.5 Å². The van der Waals surface area contributed by atoms with E-state index in [0.717, 1.165) is 5.57 Å². The molecule has 0 bridgehead atoms. The van der Waals surface area contributed by atoms with Gasteiger partial charge < -0.3 is 10.2 Å². The van der Waals surface area contributed by atoms with Crippen LogP contribution in [0.3, 0.4) is 0 Å². The number of hydrogen-bond acceptors (Lipinski definition) is 4. The first-order valence-corrected chi connectivity index (χ1v) is 7.65. The van der Waals surface area contributed by atoms with E-state index in [2.05, 4.69) is 23.5 Å². The van der Waals surface area contributed by atoms with Crippen molar-refractivity contribution < 1.29 is 27.0 Å². The summed E-state index contributed by atoms with van der Waals surface area (Å²) in [5.41, 5.74) is 2.09. The summed E-state index contributed by atoms with van der Waals surface area (Å²) in [5, 5.41) is 19.5. The first-order valence-electron chi connectivity index (χ1n) is 7.65. The summed E-state index contributed by atoms with van der Waals surface area (Å²) in [5.74, 6) is 0.378. The third-order valence-corrected chi connectivity index (χ3v) is 3.37. The molecule has 1 unspecified atom stereocenters. The first-order chi connectivity index (χ1) is 11.6. The fourth-order valence-electron chi connectivity index (χ4n) is 2.15. The normalized spacial score (nSPS) is 12.2. The third kappa shape index (κ3) is 6.87. The molecule has 0 amide bonds. The van der Waals surface area contributed by atoms with Crippen molar-refractivity contribution in [2.24, 2.45) is 9.98 Å². The number of phenols is 2. The number of para-hydroxylation sites is 2. The number of phenolic OH excluding ortho intramolecular Hbond substituents is 2. The molecule has 0 saturated carbocycles. The minimum atomic E-state index is -0.128. The molecule has 0 heterocycles. The molecular formula is C20H21CoN2O2-. The minimum absolute atomic E-state index is 0. The van der Waals surface area contributed by atoms with Crippen LogP contribution in [0, 0.1) is 6.92 Å². The topological polar surface area (TPSA) is 65.2 Å². The zero-order valence-corrected chi connectivity index (χ0v) is 14.8. The Morgan fingerprint density at radius 3 is 2.04 bits per heavy atom. The van der Waals surface area contributed by atoms with Crippen molar-refractivity contribution in [3.63, 3.8) is 0 Å². The number of aromatic hydroxyl groups is 2. The molecule has 2 aromatic rings. The number of aliphatic imine (C=N–C) groups is 2. The van der Waals surface area contributed by atoms with E-state index in [1.165, 1.54) is 0 Å². The summed E-state index contributed by atoms with van der Waals surface area (Å²) < 4.78 is 0. The second-order valence-electron chi connectivity index (χ2n) is 5.50. The predicted molar refractivity (Wildman–Crippen MR) is 99.2 cm³/mol. The van der Waals surface area contributed by atoms with Gasteiger partial charge in [0.2, 0.25) is 0 Å². The number of nitrogens with zero attached hydrogens (tertiary/aromatic N) is 2. The fraction of sp³-hybridized carbons (Fsp3) is 0.150. The van der Waals surface area contributed by atoms with Gasteiger partial charge in [0.05, 0.1) is 12.6 Å². The molecule has 0 aliphatic carbocycles. The predicted octanol–water partition coefficient (Wildman–Crippen LogP) is 3.78. The summed E-state index contributed by atoms with van der Waals surface area (Å²) in [6, 6.07) is 13.9. The molecule has 2 aromatic carbocycles. The van der Waals surface area contributed by atoms with Crippen molar-refractivity contribution in [2.75, 3.05) is 6.54 Å². The van der Waals surface area contributed by atoms with E-state index >= 15 is 0 Å². The molecule has 0 fully saturated rings. The first kappa shape index (κ1) is 20.5. The standard InChI is InChI=1S/C20H21N2O2.Co/c1-15(2)11-18(22-13-17-8-4-6-10-20(17)24)14-21-12-16-7-3-5-9-19(16)23;/h3-10,12-13,18,23-24H,1-2,11,14H2;/q-1;. The minimum Gasteiger partial charge on any atom is -0.507 e. The van der Waals surface area contributed by atoms with Gasteiger partial charge in [-0.05, 0) is 30.7 Å². The molecule has 0 aromatic heterocycles. The van der Waals surface area contributed by atoms with Crippen LogP contribution in [0.25, 0.3) is 0 Å². The van der Waals surface area contributed by atoms with Crippen LogP contribution in [-0.4, -0.2) is 35.2 Å². The molecule has 1 atom stereocenters. The zero-order valence-electron chi connectivity index (χ0n) is 13.8. The molecule has 5 heteroatoms. The number of benzene rings is 2. The Balaban J connectivity index is 0.00000312. The van der Waals surface area contributed by atoms with Crippen LogP contribution in [-0.2, 0) is 16.8 Å². The van der Waals surface area contributed by atoms with E-state index in [4.69, 9.17) is 0 Å². The Kier molecular flexibility index (Phi) is 8.53. The Bertz CT molecular complexity index is 757. The van der Waals surface area contributed by atoms with Gasteiger partial charge in [-0.1, -0.05) is 24.3 Å². The molecule has 0 saturated heterocycles. The molecule has 133 valence electrons. The summed E-state index contributed by atoms with van der Waals surface area (Å²) in [6.07, 6.45) is 3.87. The largest absolute Gasteiger partial charge is 0.507 e. The van der Waals surface area contributed by atoms with Crippen LogP contribution in [0.5, 0.6) is 11.5 Å². The van der Waals surface area contributed by atoms with Gasteiger partial charge in [0.25, 0.3) is 0 Å². The molecule has 0 aliphatic heterocycles. The average Bonchev–Trinajstić information content (AvgIpc) is 2.55. The van der Waals surface area contributed by atoms with Gasteiger partial charge in [-0.15, -0.1) is 0 Å². The molecule has 4 nitrogen and oxygen atoms in total. The number of rotatable bonds is 7. The van der Waals surface area contributed by atoms with Crippen molar-refractivity contribution in [1.82, 2.24) is 0 Å². The van der Waals surface area contributed by atoms with Gasteiger partial charge in [-0.2, -0.15) is 0 Å². The Hall–Kier alpha value is -2.50. The van der Waals surface area contributed by atoms with Crippen LogP contribution in [0.1, 0.15) is 17.5 Å². The van der Waals surface area contributed by atoms with Crippen molar-refractivity contribution >= 4 is 12.4 Å². The average molecular weight is 380 g/mol. The van der Waals surface area contributed by atoms with Crippen molar-refractivity contribution in [2.45, 2.75) is 12.5 Å². The molecule has 25 heavy (non-hydrogen) atoms. The van der Waals surface area contributed by atoms with Crippen LogP contribution >= 0.6 is 0 Å². The van der Waals surface area contributed by atoms with Gasteiger partial charge in [-0.25, -0.2) is 19.1 Å². The fourth-order valence-corrected chi connectivity index (χ4v) is 2.15. The van der Waals surface area contributed by atoms with Crippen LogP contribution in [0.2, 0.25) is 0 Å². The SMILES string of the molecule is C=C([CH2-])CC(CN=Cc1ccccc1O)N=Cc1ccccc1O.[Co]. The van der Waals surface area contributed by atoms with E-state index in [1.54, 1.807) is 48.8 Å². The van der Waals surface area contributed by atoms with Gasteiger partial charge in [0.15, 0.2) is 0 Å². The molecule has 2 rings (SSSR count). The molecule has 0 spiro atoms. The van der Waals surface area contributed by atoms with E-state index in [-0.39, 0.29) is 34.3 Å². The quantitative estimate of drug-likeness (QED) is 0.567. The monoisotopic (exact) mass is 380 g/mol. The smallest absolute Gasteiger partial charge is 0.124 e. The maximum atomic E-state index is 9.78. The second kappa shape index (κ2) is 10.4. The summed E-state index contributed by atoms with van der Waals surface area (Å²) in [6.45, 7) is 8.08. The van der Waals surface area contributed by atoms with Gasteiger partial charge in [-0.3, -0.25) is 9.98 Å². The van der Waals surface area contributed by atoms with Crippen molar-refractivity contribution in [3.8, 4) is 11.5 Å². The van der Waals surface area contributed by atoms with Crippen LogP contribution in [0.4, 0.5) is 0 Å². The third-order valence-electron chi connectivity index (χ3n) is 3.37. The van der Waals surface area contributed by atoms with E-state index in [0.29, 0.717) is 24.1 Å². The van der Waals surface area contributed by atoms with E-state index in [1.807, 2.05) is 12.1 Å². The van der Waals surface area contributed by atoms with Crippen LogP contribution in [0.15, 0.2) is 70.7 Å². The van der Waals surface area contributed by atoms with Crippen molar-refractivity contribution in [3.05, 3.63) is 78.7 Å². The Morgan fingerprint density at radius 2 is 1.52 bits per heavy atom.